The summed E-state index contributed by atoms with van der Waals surface area (Å²) in [5.41, 5.74) is 4.19. The van der Waals surface area contributed by atoms with Crippen molar-refractivity contribution in [1.29, 1.82) is 0 Å². The summed E-state index contributed by atoms with van der Waals surface area (Å²) in [6.07, 6.45) is 14.7. The Kier molecular flexibility index (Phi) is 4.84. The lowest BCUT2D eigenvalue weighted by atomic mass is 9.32. The van der Waals surface area contributed by atoms with Gasteiger partial charge < -0.3 is 0 Å². The Hall–Kier alpha value is -0.260. The minimum absolute atomic E-state index is 0.508. The molecule has 0 saturated heterocycles. The van der Waals surface area contributed by atoms with Gasteiger partial charge in [-0.3, -0.25) is 0 Å². The number of hydrogen-bond acceptors (Lipinski definition) is 0. The molecule has 0 radical (unpaired) electrons. The van der Waals surface area contributed by atoms with Crippen molar-refractivity contribution < 1.29 is 0 Å². The SMILES string of the molecule is C=C(C)C1CC[C@]2(C)CC[C@]3(C)[C@H](CC[C@@H]4[C@@]5(C)CCC(C)C(C)(C)C5CC[C@]43C)C12. The molecule has 0 aliphatic heterocycles. The molecule has 5 saturated carbocycles. The van der Waals surface area contributed by atoms with Crippen LogP contribution in [0.15, 0.2) is 12.2 Å². The molecule has 0 amide bonds. The second kappa shape index (κ2) is 6.66. The van der Waals surface area contributed by atoms with Crippen LogP contribution in [0.1, 0.15) is 120 Å². The third kappa shape index (κ3) is 2.66. The first-order chi connectivity index (χ1) is 14.3. The highest BCUT2D eigenvalue weighted by atomic mass is 14.7. The van der Waals surface area contributed by atoms with Crippen molar-refractivity contribution in [3.05, 3.63) is 12.2 Å². The predicted molar refractivity (Wildman–Crippen MR) is 134 cm³/mol. The van der Waals surface area contributed by atoms with Crippen LogP contribution in [0.3, 0.4) is 0 Å². The van der Waals surface area contributed by atoms with Gasteiger partial charge in [-0.2, -0.15) is 0 Å². The molecule has 0 aromatic rings. The molecule has 0 nitrogen and oxygen atoms in total. The first-order valence-electron chi connectivity index (χ1n) is 14.0. The Balaban J connectivity index is 1.54. The van der Waals surface area contributed by atoms with Crippen LogP contribution >= 0.6 is 0 Å². The van der Waals surface area contributed by atoms with E-state index in [9.17, 15) is 0 Å². The molecule has 5 aliphatic carbocycles. The molecule has 0 bridgehead atoms. The Bertz CT molecular complexity index is 760. The van der Waals surface area contributed by atoms with Crippen molar-refractivity contribution >= 4 is 0 Å². The molecule has 0 N–H and O–H groups in total. The molecule has 5 aliphatic rings. The number of allylic oxidation sites excluding steroid dienone is 1. The molecular weight excluding hydrogens is 372 g/mol. The van der Waals surface area contributed by atoms with Gasteiger partial charge in [0, 0.05) is 0 Å². The van der Waals surface area contributed by atoms with Gasteiger partial charge in [0.05, 0.1) is 0 Å². The van der Waals surface area contributed by atoms with Crippen molar-refractivity contribution in [1.82, 2.24) is 0 Å². The van der Waals surface area contributed by atoms with Crippen molar-refractivity contribution in [3.8, 4) is 0 Å². The minimum Gasteiger partial charge on any atom is -0.0998 e. The maximum absolute atomic E-state index is 4.51. The highest BCUT2D eigenvalue weighted by Gasteiger charge is 2.69. The lowest BCUT2D eigenvalue weighted by Gasteiger charge is -2.73. The second-order valence-corrected chi connectivity index (χ2v) is 15.1. The van der Waals surface area contributed by atoms with Crippen molar-refractivity contribution in [2.24, 2.45) is 62.6 Å². The van der Waals surface area contributed by atoms with Gasteiger partial charge in [-0.25, -0.2) is 0 Å². The molecular formula is C31H52. The molecule has 0 aromatic carbocycles. The van der Waals surface area contributed by atoms with Gasteiger partial charge in [0.25, 0.3) is 0 Å². The van der Waals surface area contributed by atoms with E-state index >= 15 is 0 Å². The van der Waals surface area contributed by atoms with E-state index in [-0.39, 0.29) is 0 Å². The fourth-order valence-electron chi connectivity index (χ4n) is 11.7. The Labute approximate surface area is 194 Å². The van der Waals surface area contributed by atoms with E-state index in [0.29, 0.717) is 27.1 Å². The van der Waals surface area contributed by atoms with E-state index in [1.807, 2.05) is 0 Å². The highest BCUT2D eigenvalue weighted by molar-refractivity contribution is 5.20. The van der Waals surface area contributed by atoms with Crippen LogP contribution in [-0.4, -0.2) is 0 Å². The molecule has 0 heteroatoms. The third-order valence-corrected chi connectivity index (χ3v) is 14.0. The van der Waals surface area contributed by atoms with E-state index in [1.54, 1.807) is 0 Å². The van der Waals surface area contributed by atoms with Crippen molar-refractivity contribution in [3.63, 3.8) is 0 Å². The summed E-state index contributed by atoms with van der Waals surface area (Å²) in [5.74, 6) is 5.34. The summed E-state index contributed by atoms with van der Waals surface area (Å²) in [6.45, 7) is 25.6. The molecule has 0 spiro atoms. The number of fused-ring (bicyclic) bond motifs is 7. The fourth-order valence-corrected chi connectivity index (χ4v) is 11.7. The first-order valence-corrected chi connectivity index (χ1v) is 14.0. The van der Waals surface area contributed by atoms with Crippen molar-refractivity contribution in [2.75, 3.05) is 0 Å². The van der Waals surface area contributed by atoms with Gasteiger partial charge in [0.15, 0.2) is 0 Å². The summed E-state index contributed by atoms with van der Waals surface area (Å²) in [4.78, 5) is 0. The van der Waals surface area contributed by atoms with Crippen molar-refractivity contribution in [2.45, 2.75) is 120 Å². The lowest BCUT2D eigenvalue weighted by molar-refractivity contribution is -0.240. The molecule has 4 unspecified atom stereocenters. The van der Waals surface area contributed by atoms with Gasteiger partial charge in [-0.1, -0.05) is 60.6 Å². The van der Waals surface area contributed by atoms with Crippen LogP contribution in [0.5, 0.6) is 0 Å². The van der Waals surface area contributed by atoms with E-state index < -0.39 is 0 Å². The monoisotopic (exact) mass is 424 g/mol. The lowest BCUT2D eigenvalue weighted by Crippen LogP contribution is -2.65. The zero-order valence-corrected chi connectivity index (χ0v) is 22.2. The topological polar surface area (TPSA) is 0 Å². The molecule has 0 heterocycles. The summed E-state index contributed by atoms with van der Waals surface area (Å²) in [7, 11) is 0. The zero-order chi connectivity index (χ0) is 22.6. The van der Waals surface area contributed by atoms with E-state index in [0.717, 1.165) is 35.5 Å². The summed E-state index contributed by atoms with van der Waals surface area (Å²) in [5, 5.41) is 0. The first kappa shape index (κ1) is 22.5. The molecule has 176 valence electrons. The Morgan fingerprint density at radius 3 is 2.10 bits per heavy atom. The van der Waals surface area contributed by atoms with Crippen LogP contribution in [0.25, 0.3) is 0 Å². The molecule has 5 rings (SSSR count). The van der Waals surface area contributed by atoms with Crippen LogP contribution < -0.4 is 0 Å². The normalized spacial score (nSPS) is 57.9. The third-order valence-electron chi connectivity index (χ3n) is 14.0. The number of hydrogen-bond donors (Lipinski definition) is 0. The smallest absolute Gasteiger partial charge is 0.0172 e. The maximum atomic E-state index is 4.51. The largest absolute Gasteiger partial charge is 0.0998 e. The quantitative estimate of drug-likeness (QED) is 0.368. The molecule has 5 fully saturated rings. The fraction of sp³-hybridized carbons (Fsp3) is 0.935. The van der Waals surface area contributed by atoms with Gasteiger partial charge in [0.1, 0.15) is 0 Å². The van der Waals surface area contributed by atoms with Crippen LogP contribution in [0, 0.1) is 62.6 Å². The standard InChI is InChI=1S/C31H52/c1-20(2)22-13-15-28(6)18-19-30(8)23(26(22)28)10-11-25-29(7)16-12-21(3)27(4,5)24(29)14-17-31(25,30)9/h21-26H,1,10-19H2,2-9H3/t21?,22?,23-,24?,25-,26?,28-,29+,30-,31-/m1/s1. The van der Waals surface area contributed by atoms with Crippen LogP contribution in [0.2, 0.25) is 0 Å². The van der Waals surface area contributed by atoms with Gasteiger partial charge in [-0.15, -0.1) is 0 Å². The predicted octanol–water partition coefficient (Wildman–Crippen LogP) is 9.30. The maximum Gasteiger partial charge on any atom is -0.0172 e. The van der Waals surface area contributed by atoms with Gasteiger partial charge in [0.2, 0.25) is 0 Å². The summed E-state index contributed by atoms with van der Waals surface area (Å²) in [6, 6.07) is 0. The minimum atomic E-state index is 0.508. The second-order valence-electron chi connectivity index (χ2n) is 15.1. The van der Waals surface area contributed by atoms with E-state index in [2.05, 4.69) is 62.0 Å². The zero-order valence-electron chi connectivity index (χ0n) is 22.2. The number of rotatable bonds is 1. The highest BCUT2D eigenvalue weighted by Crippen LogP contribution is 2.77. The molecule has 0 aromatic heterocycles. The summed E-state index contributed by atoms with van der Waals surface area (Å²) < 4.78 is 0. The molecule has 31 heavy (non-hydrogen) atoms. The van der Waals surface area contributed by atoms with E-state index in [4.69, 9.17) is 0 Å². The van der Waals surface area contributed by atoms with Gasteiger partial charge in [-0.05, 0) is 134 Å². The Morgan fingerprint density at radius 2 is 1.42 bits per heavy atom. The van der Waals surface area contributed by atoms with Crippen LogP contribution in [-0.2, 0) is 0 Å². The summed E-state index contributed by atoms with van der Waals surface area (Å²) >= 11 is 0. The van der Waals surface area contributed by atoms with E-state index in [1.165, 1.54) is 69.8 Å². The van der Waals surface area contributed by atoms with Crippen LogP contribution in [0.4, 0.5) is 0 Å². The Morgan fingerprint density at radius 1 is 0.710 bits per heavy atom. The average Bonchev–Trinajstić information content (AvgIpc) is 3.04. The molecule has 10 atom stereocenters. The average molecular weight is 425 g/mol. The van der Waals surface area contributed by atoms with Gasteiger partial charge >= 0.3 is 0 Å².